The first kappa shape index (κ1) is 12.7. The maximum Gasteiger partial charge on any atom is 0.0457 e. The molecule has 0 aliphatic heterocycles. The van der Waals surface area contributed by atoms with Crippen molar-refractivity contribution in [3.8, 4) is 0 Å². The standard InChI is InChI=1S/C16H23N3/c17-14-7-5-12(6-8-14)9-18-10-13-11-19-16-4-2-1-3-15(13)16/h1-4,11-12,14,18-19H,5-10,17H2. The highest BCUT2D eigenvalue weighted by Crippen LogP contribution is 2.23. The van der Waals surface area contributed by atoms with Gasteiger partial charge in [0, 0.05) is 29.7 Å². The zero-order valence-corrected chi connectivity index (χ0v) is 11.4. The Morgan fingerprint density at radius 1 is 1.16 bits per heavy atom. The van der Waals surface area contributed by atoms with Crippen LogP contribution in [-0.2, 0) is 6.54 Å². The molecule has 0 saturated heterocycles. The lowest BCUT2D eigenvalue weighted by Gasteiger charge is -2.26. The maximum atomic E-state index is 5.94. The fourth-order valence-corrected chi connectivity index (χ4v) is 3.08. The molecule has 1 aromatic carbocycles. The van der Waals surface area contributed by atoms with Gasteiger partial charge in [0.2, 0.25) is 0 Å². The smallest absolute Gasteiger partial charge is 0.0457 e. The monoisotopic (exact) mass is 257 g/mol. The molecule has 1 fully saturated rings. The first-order chi connectivity index (χ1) is 9.33. The molecule has 0 spiro atoms. The molecule has 0 amide bonds. The molecule has 19 heavy (non-hydrogen) atoms. The van der Waals surface area contributed by atoms with Gasteiger partial charge in [-0.15, -0.1) is 0 Å². The van der Waals surface area contributed by atoms with Crippen molar-refractivity contribution in [2.75, 3.05) is 6.54 Å². The number of para-hydroxylation sites is 1. The van der Waals surface area contributed by atoms with E-state index in [4.69, 9.17) is 5.73 Å². The summed E-state index contributed by atoms with van der Waals surface area (Å²) in [5.74, 6) is 0.810. The second-order valence-corrected chi connectivity index (χ2v) is 5.77. The van der Waals surface area contributed by atoms with Crippen molar-refractivity contribution in [2.45, 2.75) is 38.3 Å². The summed E-state index contributed by atoms with van der Waals surface area (Å²) in [6, 6.07) is 8.93. The number of benzene rings is 1. The molecule has 1 heterocycles. The molecule has 0 atom stereocenters. The molecule has 1 aliphatic carbocycles. The Morgan fingerprint density at radius 2 is 1.95 bits per heavy atom. The van der Waals surface area contributed by atoms with E-state index in [0.717, 1.165) is 19.0 Å². The lowest BCUT2D eigenvalue weighted by molar-refractivity contribution is 0.314. The minimum absolute atomic E-state index is 0.449. The summed E-state index contributed by atoms with van der Waals surface area (Å²) in [5, 5.41) is 4.94. The van der Waals surface area contributed by atoms with Crippen LogP contribution in [0.3, 0.4) is 0 Å². The number of nitrogens with two attached hydrogens (primary N) is 1. The Balaban J connectivity index is 1.52. The third-order valence-corrected chi connectivity index (χ3v) is 4.31. The number of H-pyrrole nitrogens is 1. The van der Waals surface area contributed by atoms with E-state index >= 15 is 0 Å². The largest absolute Gasteiger partial charge is 0.361 e. The zero-order chi connectivity index (χ0) is 13.1. The lowest BCUT2D eigenvalue weighted by atomic mass is 9.86. The van der Waals surface area contributed by atoms with Gasteiger partial charge in [-0.05, 0) is 49.8 Å². The van der Waals surface area contributed by atoms with Crippen LogP contribution in [-0.4, -0.2) is 17.6 Å². The Hall–Kier alpha value is -1.32. The molecule has 3 heteroatoms. The van der Waals surface area contributed by atoms with Crippen LogP contribution in [0.4, 0.5) is 0 Å². The number of hydrogen-bond donors (Lipinski definition) is 3. The lowest BCUT2D eigenvalue weighted by Crippen LogP contribution is -2.31. The van der Waals surface area contributed by atoms with E-state index in [9.17, 15) is 0 Å². The molecular formula is C16H23N3. The molecule has 0 bridgehead atoms. The molecule has 1 aromatic heterocycles. The van der Waals surface area contributed by atoms with E-state index in [1.54, 1.807) is 0 Å². The third-order valence-electron chi connectivity index (χ3n) is 4.31. The second kappa shape index (κ2) is 5.76. The molecule has 4 N–H and O–H groups in total. The summed E-state index contributed by atoms with van der Waals surface area (Å²) in [6.07, 6.45) is 7.07. The Bertz CT molecular complexity index is 524. The van der Waals surface area contributed by atoms with Crippen LogP contribution in [0.2, 0.25) is 0 Å². The van der Waals surface area contributed by atoms with Gasteiger partial charge in [0.25, 0.3) is 0 Å². The van der Waals surface area contributed by atoms with Crippen LogP contribution in [0, 0.1) is 5.92 Å². The van der Waals surface area contributed by atoms with Gasteiger partial charge < -0.3 is 16.0 Å². The predicted molar refractivity (Wildman–Crippen MR) is 79.9 cm³/mol. The van der Waals surface area contributed by atoms with Crippen LogP contribution < -0.4 is 11.1 Å². The second-order valence-electron chi connectivity index (χ2n) is 5.77. The topological polar surface area (TPSA) is 53.8 Å². The zero-order valence-electron chi connectivity index (χ0n) is 11.4. The number of hydrogen-bond acceptors (Lipinski definition) is 2. The van der Waals surface area contributed by atoms with E-state index in [1.165, 1.54) is 42.1 Å². The number of nitrogens with one attached hydrogen (secondary N) is 2. The van der Waals surface area contributed by atoms with Crippen LogP contribution in [0.5, 0.6) is 0 Å². The van der Waals surface area contributed by atoms with Crippen LogP contribution >= 0.6 is 0 Å². The van der Waals surface area contributed by atoms with Crippen LogP contribution in [0.15, 0.2) is 30.5 Å². The number of aromatic nitrogens is 1. The van der Waals surface area contributed by atoms with Crippen molar-refractivity contribution >= 4 is 10.9 Å². The summed E-state index contributed by atoms with van der Waals surface area (Å²) in [4.78, 5) is 3.33. The molecule has 102 valence electrons. The van der Waals surface area contributed by atoms with Gasteiger partial charge >= 0.3 is 0 Å². The molecular weight excluding hydrogens is 234 g/mol. The highest BCUT2D eigenvalue weighted by atomic mass is 14.9. The average Bonchev–Trinajstić information content (AvgIpc) is 2.85. The van der Waals surface area contributed by atoms with E-state index in [-0.39, 0.29) is 0 Å². The number of aromatic amines is 1. The van der Waals surface area contributed by atoms with E-state index in [1.807, 2.05) is 0 Å². The number of fused-ring (bicyclic) bond motifs is 1. The highest BCUT2D eigenvalue weighted by molar-refractivity contribution is 5.82. The minimum Gasteiger partial charge on any atom is -0.361 e. The van der Waals surface area contributed by atoms with E-state index in [0.29, 0.717) is 6.04 Å². The highest BCUT2D eigenvalue weighted by Gasteiger charge is 2.17. The quantitative estimate of drug-likeness (QED) is 0.789. The molecule has 0 unspecified atom stereocenters. The Labute approximate surface area is 114 Å². The van der Waals surface area contributed by atoms with Crippen molar-refractivity contribution in [1.29, 1.82) is 0 Å². The Morgan fingerprint density at radius 3 is 2.79 bits per heavy atom. The minimum atomic E-state index is 0.449. The van der Waals surface area contributed by atoms with Crippen molar-refractivity contribution in [3.63, 3.8) is 0 Å². The molecule has 1 aliphatic rings. The van der Waals surface area contributed by atoms with E-state index in [2.05, 4.69) is 40.8 Å². The SMILES string of the molecule is NC1CCC(CNCc2c[nH]c3ccccc23)CC1. The molecule has 0 radical (unpaired) electrons. The summed E-state index contributed by atoms with van der Waals surface area (Å²) in [7, 11) is 0. The predicted octanol–water partition coefficient (Wildman–Crippen LogP) is 2.78. The summed E-state index contributed by atoms with van der Waals surface area (Å²) in [5.41, 5.74) is 8.53. The fraction of sp³-hybridized carbons (Fsp3) is 0.500. The molecule has 2 aromatic rings. The number of rotatable bonds is 4. The third kappa shape index (κ3) is 2.99. The average molecular weight is 257 g/mol. The molecule has 1 saturated carbocycles. The molecule has 3 nitrogen and oxygen atoms in total. The van der Waals surface area contributed by atoms with Crippen LogP contribution in [0.1, 0.15) is 31.2 Å². The maximum absolute atomic E-state index is 5.94. The van der Waals surface area contributed by atoms with Crippen molar-refractivity contribution < 1.29 is 0 Å². The summed E-state index contributed by atoms with van der Waals surface area (Å²) >= 11 is 0. The van der Waals surface area contributed by atoms with Crippen LogP contribution in [0.25, 0.3) is 10.9 Å². The van der Waals surface area contributed by atoms with Crippen molar-refractivity contribution in [1.82, 2.24) is 10.3 Å². The van der Waals surface area contributed by atoms with Gasteiger partial charge in [-0.1, -0.05) is 18.2 Å². The summed E-state index contributed by atoms with van der Waals surface area (Å²) < 4.78 is 0. The first-order valence-corrected chi connectivity index (χ1v) is 7.34. The van der Waals surface area contributed by atoms with Gasteiger partial charge in [-0.25, -0.2) is 0 Å². The van der Waals surface area contributed by atoms with Crippen molar-refractivity contribution in [3.05, 3.63) is 36.0 Å². The van der Waals surface area contributed by atoms with Gasteiger partial charge in [0.15, 0.2) is 0 Å². The van der Waals surface area contributed by atoms with Gasteiger partial charge in [-0.3, -0.25) is 0 Å². The van der Waals surface area contributed by atoms with Crippen molar-refractivity contribution in [2.24, 2.45) is 11.7 Å². The van der Waals surface area contributed by atoms with Gasteiger partial charge in [-0.2, -0.15) is 0 Å². The fourth-order valence-electron chi connectivity index (χ4n) is 3.08. The molecule has 3 rings (SSSR count). The van der Waals surface area contributed by atoms with Gasteiger partial charge in [0.1, 0.15) is 0 Å². The normalized spacial score (nSPS) is 23.8. The van der Waals surface area contributed by atoms with E-state index < -0.39 is 0 Å². The van der Waals surface area contributed by atoms with Gasteiger partial charge in [0.05, 0.1) is 0 Å². The summed E-state index contributed by atoms with van der Waals surface area (Å²) in [6.45, 7) is 2.07. The first-order valence-electron chi connectivity index (χ1n) is 7.34. The Kier molecular flexibility index (Phi) is 3.85.